The molecular formula is C27H31Cl2N3O3. The minimum absolute atomic E-state index is 0.0632. The molecule has 3 amide bonds. The highest BCUT2D eigenvalue weighted by molar-refractivity contribution is 6.36. The monoisotopic (exact) mass is 515 g/mol. The summed E-state index contributed by atoms with van der Waals surface area (Å²) in [5.74, 6) is -0.658. The standard InChI is InChI=1S/C27H31Cl2N3O3/c1-17-7-2-3-9-20(17)26(34)31-24-11-5-4-10-23(24)30-25(33)18-8-6-14-32(16-18)27(35)21-13-12-19(28)15-22(21)29/h2-3,7,9,12-13,15,18,23-24H,4-6,8,10-11,14,16H2,1H3,(H,30,33)(H,31,34)/t18?,23-,24-/m1/s1. The third-order valence-corrected chi connectivity index (χ3v) is 7.59. The van der Waals surface area contributed by atoms with Crippen LogP contribution in [-0.4, -0.2) is 47.8 Å². The normalized spacial score (nSPS) is 22.4. The average molecular weight is 516 g/mol. The second-order valence-electron chi connectivity index (χ2n) is 9.51. The molecule has 2 N–H and O–H groups in total. The van der Waals surface area contributed by atoms with Gasteiger partial charge < -0.3 is 15.5 Å². The molecule has 1 saturated heterocycles. The molecule has 1 unspecified atom stereocenters. The molecule has 1 aliphatic heterocycles. The number of hydrogen-bond donors (Lipinski definition) is 2. The Morgan fingerprint density at radius 3 is 2.31 bits per heavy atom. The van der Waals surface area contributed by atoms with E-state index in [1.54, 1.807) is 23.1 Å². The lowest BCUT2D eigenvalue weighted by Crippen LogP contribution is -2.55. The van der Waals surface area contributed by atoms with Crippen LogP contribution in [0.3, 0.4) is 0 Å². The summed E-state index contributed by atoms with van der Waals surface area (Å²) < 4.78 is 0. The first-order valence-electron chi connectivity index (χ1n) is 12.2. The van der Waals surface area contributed by atoms with Gasteiger partial charge in [-0.3, -0.25) is 14.4 Å². The lowest BCUT2D eigenvalue weighted by Gasteiger charge is -2.36. The minimum Gasteiger partial charge on any atom is -0.351 e. The number of hydrogen-bond acceptors (Lipinski definition) is 3. The van der Waals surface area contributed by atoms with Gasteiger partial charge in [0, 0.05) is 35.8 Å². The van der Waals surface area contributed by atoms with Crippen LogP contribution >= 0.6 is 23.2 Å². The molecule has 3 atom stereocenters. The number of likely N-dealkylation sites (tertiary alicyclic amines) is 1. The molecule has 8 heteroatoms. The van der Waals surface area contributed by atoms with E-state index in [4.69, 9.17) is 23.2 Å². The molecule has 2 aromatic rings. The number of benzene rings is 2. The number of nitrogens with zero attached hydrogens (tertiary/aromatic N) is 1. The topological polar surface area (TPSA) is 78.5 Å². The molecule has 6 nitrogen and oxygen atoms in total. The number of halogens is 2. The smallest absolute Gasteiger partial charge is 0.255 e. The van der Waals surface area contributed by atoms with Crippen molar-refractivity contribution in [1.82, 2.24) is 15.5 Å². The summed E-state index contributed by atoms with van der Waals surface area (Å²) in [6.45, 7) is 2.85. The van der Waals surface area contributed by atoms with E-state index >= 15 is 0 Å². The quantitative estimate of drug-likeness (QED) is 0.587. The van der Waals surface area contributed by atoms with Gasteiger partial charge in [0.15, 0.2) is 0 Å². The number of carbonyl (C=O) groups excluding carboxylic acids is 3. The molecule has 0 aromatic heterocycles. The molecule has 0 spiro atoms. The van der Waals surface area contributed by atoms with Gasteiger partial charge in [-0.2, -0.15) is 0 Å². The van der Waals surface area contributed by atoms with Crippen molar-refractivity contribution in [3.63, 3.8) is 0 Å². The first kappa shape index (κ1) is 25.5. The lowest BCUT2D eigenvalue weighted by atomic mass is 9.88. The van der Waals surface area contributed by atoms with Gasteiger partial charge in [-0.05, 0) is 62.4 Å². The van der Waals surface area contributed by atoms with Gasteiger partial charge in [0.1, 0.15) is 0 Å². The molecule has 1 heterocycles. The summed E-state index contributed by atoms with van der Waals surface area (Å²) in [6, 6.07) is 12.1. The summed E-state index contributed by atoms with van der Waals surface area (Å²) >= 11 is 12.2. The third-order valence-electron chi connectivity index (χ3n) is 7.04. The van der Waals surface area contributed by atoms with E-state index < -0.39 is 0 Å². The summed E-state index contributed by atoms with van der Waals surface area (Å²) in [6.07, 6.45) is 5.13. The van der Waals surface area contributed by atoms with Crippen molar-refractivity contribution in [1.29, 1.82) is 0 Å². The summed E-state index contributed by atoms with van der Waals surface area (Å²) in [5, 5.41) is 7.12. The van der Waals surface area contributed by atoms with Crippen molar-refractivity contribution in [2.24, 2.45) is 5.92 Å². The Bertz CT molecular complexity index is 1110. The van der Waals surface area contributed by atoms with Crippen molar-refractivity contribution in [3.05, 3.63) is 69.2 Å². The van der Waals surface area contributed by atoms with Crippen molar-refractivity contribution in [2.75, 3.05) is 13.1 Å². The maximum absolute atomic E-state index is 13.2. The molecule has 2 fully saturated rings. The van der Waals surface area contributed by atoms with Crippen LogP contribution < -0.4 is 10.6 Å². The largest absolute Gasteiger partial charge is 0.351 e. The summed E-state index contributed by atoms with van der Waals surface area (Å²) in [5.41, 5.74) is 1.97. The van der Waals surface area contributed by atoms with Gasteiger partial charge in [0.2, 0.25) is 5.91 Å². The first-order chi connectivity index (χ1) is 16.8. The average Bonchev–Trinajstić information content (AvgIpc) is 2.85. The van der Waals surface area contributed by atoms with Gasteiger partial charge in [0.05, 0.1) is 16.5 Å². The highest BCUT2D eigenvalue weighted by atomic mass is 35.5. The molecule has 2 aliphatic rings. The van der Waals surface area contributed by atoms with Crippen molar-refractivity contribution in [2.45, 2.75) is 57.5 Å². The lowest BCUT2D eigenvalue weighted by molar-refractivity contribution is -0.127. The van der Waals surface area contributed by atoms with E-state index in [0.29, 0.717) is 34.3 Å². The molecule has 1 aliphatic carbocycles. The van der Waals surface area contributed by atoms with E-state index in [-0.39, 0.29) is 35.7 Å². The second kappa shape index (κ2) is 11.4. The Hall–Kier alpha value is -2.57. The molecule has 4 rings (SSSR count). The highest BCUT2D eigenvalue weighted by Crippen LogP contribution is 2.26. The van der Waals surface area contributed by atoms with Crippen LogP contribution in [0.1, 0.15) is 64.8 Å². The fraction of sp³-hybridized carbons (Fsp3) is 0.444. The number of piperidine rings is 1. The number of rotatable bonds is 5. The fourth-order valence-electron chi connectivity index (χ4n) is 5.06. The van der Waals surface area contributed by atoms with E-state index in [9.17, 15) is 14.4 Å². The van der Waals surface area contributed by atoms with Gasteiger partial charge >= 0.3 is 0 Å². The zero-order valence-electron chi connectivity index (χ0n) is 19.9. The Balaban J connectivity index is 1.38. The van der Waals surface area contributed by atoms with Gasteiger partial charge in [0.25, 0.3) is 11.8 Å². The predicted molar refractivity (Wildman–Crippen MR) is 138 cm³/mol. The van der Waals surface area contributed by atoms with Crippen molar-refractivity contribution in [3.8, 4) is 0 Å². The Labute approximate surface area is 216 Å². The number of aryl methyl sites for hydroxylation is 1. The van der Waals surface area contributed by atoms with Crippen LogP contribution in [0, 0.1) is 12.8 Å². The van der Waals surface area contributed by atoms with Gasteiger partial charge in [-0.25, -0.2) is 0 Å². The first-order valence-corrected chi connectivity index (χ1v) is 13.0. The second-order valence-corrected chi connectivity index (χ2v) is 10.4. The predicted octanol–water partition coefficient (Wildman–Crippen LogP) is 5.01. The van der Waals surface area contributed by atoms with Crippen LogP contribution in [-0.2, 0) is 4.79 Å². The molecule has 0 bridgehead atoms. The SMILES string of the molecule is Cc1ccccc1C(=O)N[C@@H]1CCCC[C@H]1NC(=O)C1CCCN(C(=O)c2ccc(Cl)cc2Cl)C1. The number of carbonyl (C=O) groups is 3. The Morgan fingerprint density at radius 1 is 0.886 bits per heavy atom. The van der Waals surface area contributed by atoms with Crippen molar-refractivity contribution < 1.29 is 14.4 Å². The van der Waals surface area contributed by atoms with Crippen LogP contribution in [0.2, 0.25) is 10.0 Å². The van der Waals surface area contributed by atoms with Crippen LogP contribution in [0.5, 0.6) is 0 Å². The zero-order chi connectivity index (χ0) is 24.9. The fourth-order valence-corrected chi connectivity index (χ4v) is 5.55. The zero-order valence-corrected chi connectivity index (χ0v) is 21.4. The summed E-state index contributed by atoms with van der Waals surface area (Å²) in [4.78, 5) is 40.9. The highest BCUT2D eigenvalue weighted by Gasteiger charge is 2.33. The van der Waals surface area contributed by atoms with Crippen molar-refractivity contribution >= 4 is 40.9 Å². The van der Waals surface area contributed by atoms with E-state index in [1.807, 2.05) is 31.2 Å². The van der Waals surface area contributed by atoms with E-state index in [1.165, 1.54) is 0 Å². The maximum Gasteiger partial charge on any atom is 0.255 e. The van der Waals surface area contributed by atoms with Crippen LogP contribution in [0.25, 0.3) is 0 Å². The van der Waals surface area contributed by atoms with E-state index in [2.05, 4.69) is 10.6 Å². The van der Waals surface area contributed by atoms with E-state index in [0.717, 1.165) is 44.1 Å². The van der Waals surface area contributed by atoms with Gasteiger partial charge in [-0.1, -0.05) is 54.2 Å². The third kappa shape index (κ3) is 6.17. The number of nitrogens with one attached hydrogen (secondary N) is 2. The maximum atomic E-state index is 13.2. The molecule has 35 heavy (non-hydrogen) atoms. The molecule has 0 radical (unpaired) electrons. The number of amides is 3. The minimum atomic E-state index is -0.298. The Morgan fingerprint density at radius 2 is 1.60 bits per heavy atom. The van der Waals surface area contributed by atoms with Gasteiger partial charge in [-0.15, -0.1) is 0 Å². The van der Waals surface area contributed by atoms with Crippen LogP contribution in [0.15, 0.2) is 42.5 Å². The Kier molecular flexibility index (Phi) is 8.34. The van der Waals surface area contributed by atoms with Crippen LogP contribution in [0.4, 0.5) is 0 Å². The molecular weight excluding hydrogens is 485 g/mol. The molecule has 186 valence electrons. The summed E-state index contributed by atoms with van der Waals surface area (Å²) in [7, 11) is 0. The molecule has 2 aromatic carbocycles. The molecule has 1 saturated carbocycles.